The molecule has 2 aromatic heterocycles. The van der Waals surface area contributed by atoms with Crippen molar-refractivity contribution in [3.05, 3.63) is 36.6 Å². The standard InChI is InChI=1S/C20H29N4O8PSSi/c1-30-15-8-6-9-16(31-2)18(15)24-19(17-10-7-12-32-17)21-22-20(24)23(11-13-35(3,4)5)34(28,29)14-33(25,26)27/h6-10,12H,11,13-14H2,1-5H3,(H2,25,26,27). The Morgan fingerprint density at radius 1 is 1.09 bits per heavy atom. The van der Waals surface area contributed by atoms with Crippen LogP contribution in [-0.4, -0.2) is 67.3 Å². The summed E-state index contributed by atoms with van der Waals surface area (Å²) in [5.74, 6) is 0.920. The number of hydrogen-bond donors (Lipinski definition) is 2. The lowest BCUT2D eigenvalue weighted by Gasteiger charge is -2.27. The third-order valence-electron chi connectivity index (χ3n) is 4.97. The highest BCUT2D eigenvalue weighted by atomic mass is 32.2. The topological polar surface area (TPSA) is 157 Å². The summed E-state index contributed by atoms with van der Waals surface area (Å²) in [6.07, 6.45) is 1.43. The van der Waals surface area contributed by atoms with E-state index in [1.165, 1.54) is 25.0 Å². The first-order chi connectivity index (χ1) is 16.3. The number of para-hydroxylation sites is 1. The van der Waals surface area contributed by atoms with Gasteiger partial charge in [0, 0.05) is 14.6 Å². The van der Waals surface area contributed by atoms with Crippen molar-refractivity contribution in [1.82, 2.24) is 14.8 Å². The van der Waals surface area contributed by atoms with Crippen LogP contribution in [0, 0.1) is 0 Å². The summed E-state index contributed by atoms with van der Waals surface area (Å²) in [5.41, 5.74) is -1.08. The van der Waals surface area contributed by atoms with Crippen molar-refractivity contribution in [2.24, 2.45) is 0 Å². The first kappa shape index (κ1) is 27.0. The van der Waals surface area contributed by atoms with E-state index in [4.69, 9.17) is 13.9 Å². The Balaban J connectivity index is 2.34. The highest BCUT2D eigenvalue weighted by Crippen LogP contribution is 2.41. The summed E-state index contributed by atoms with van der Waals surface area (Å²) in [6.45, 7) is 6.13. The number of nitrogens with zero attached hydrogens (tertiary/aromatic N) is 4. The molecule has 0 aliphatic carbocycles. The molecule has 0 bridgehead atoms. The number of ether oxygens (including phenoxy) is 2. The lowest BCUT2D eigenvalue weighted by Crippen LogP contribution is -2.39. The van der Waals surface area contributed by atoms with Crippen LogP contribution in [-0.2, 0) is 14.6 Å². The van der Waals surface area contributed by atoms with Crippen molar-refractivity contribution in [2.75, 3.05) is 30.6 Å². The van der Waals surface area contributed by atoms with Gasteiger partial charge in [-0.25, -0.2) is 12.7 Å². The number of sulfonamides is 1. The fourth-order valence-corrected chi connectivity index (χ4v) is 7.39. The van der Waals surface area contributed by atoms with E-state index in [0.29, 0.717) is 23.2 Å². The molecule has 3 aromatic rings. The SMILES string of the molecule is COc1cccc(OC)c1-n1c(-c2ccco2)nnc1N(CC[Si](C)(C)C)S(=O)(=O)CP(=O)(O)O. The molecule has 0 atom stereocenters. The van der Waals surface area contributed by atoms with Gasteiger partial charge in [-0.05, 0) is 30.3 Å². The molecular formula is C20H29N4O8PSSi. The molecule has 0 saturated carbocycles. The molecule has 3 rings (SSSR count). The summed E-state index contributed by atoms with van der Waals surface area (Å²) < 4.78 is 57.3. The monoisotopic (exact) mass is 544 g/mol. The highest BCUT2D eigenvalue weighted by molar-refractivity contribution is 7.98. The number of benzene rings is 1. The molecule has 0 unspecified atom stereocenters. The number of rotatable bonds is 11. The molecule has 15 heteroatoms. The van der Waals surface area contributed by atoms with Crippen molar-refractivity contribution in [3.8, 4) is 28.8 Å². The zero-order valence-corrected chi connectivity index (χ0v) is 22.8. The minimum absolute atomic E-state index is 0.0498. The maximum atomic E-state index is 13.3. The normalized spacial score (nSPS) is 12.5. The minimum atomic E-state index is -4.93. The zero-order valence-electron chi connectivity index (χ0n) is 20.1. The fraction of sp³-hybridized carbons (Fsp3) is 0.400. The van der Waals surface area contributed by atoms with Crippen LogP contribution >= 0.6 is 7.60 Å². The van der Waals surface area contributed by atoms with Gasteiger partial charge in [0.1, 0.15) is 17.2 Å². The predicted octanol–water partition coefficient (Wildman–Crippen LogP) is 3.15. The van der Waals surface area contributed by atoms with E-state index in [-0.39, 0.29) is 24.1 Å². The molecule has 35 heavy (non-hydrogen) atoms. The maximum absolute atomic E-state index is 13.3. The first-order valence-electron chi connectivity index (χ1n) is 10.5. The third kappa shape index (κ3) is 6.33. The lowest BCUT2D eigenvalue weighted by atomic mass is 10.2. The second kappa shape index (κ2) is 10.2. The molecule has 192 valence electrons. The lowest BCUT2D eigenvalue weighted by molar-refractivity contribution is 0.378. The van der Waals surface area contributed by atoms with Gasteiger partial charge >= 0.3 is 7.60 Å². The van der Waals surface area contributed by atoms with E-state index in [2.05, 4.69) is 29.8 Å². The van der Waals surface area contributed by atoms with Crippen LogP contribution < -0.4 is 13.8 Å². The maximum Gasteiger partial charge on any atom is 0.342 e. The second-order valence-electron chi connectivity index (χ2n) is 8.94. The summed E-state index contributed by atoms with van der Waals surface area (Å²) in [6, 6.07) is 8.78. The Morgan fingerprint density at radius 3 is 2.20 bits per heavy atom. The molecule has 0 radical (unpaired) electrons. The smallest absolute Gasteiger partial charge is 0.342 e. The number of furan rings is 1. The van der Waals surface area contributed by atoms with Crippen LogP contribution in [0.2, 0.25) is 25.7 Å². The molecule has 0 aliphatic rings. The molecule has 0 aliphatic heterocycles. The van der Waals surface area contributed by atoms with Crippen molar-refractivity contribution >= 4 is 31.6 Å². The van der Waals surface area contributed by atoms with Crippen LogP contribution in [0.1, 0.15) is 0 Å². The molecule has 0 saturated heterocycles. The average molecular weight is 545 g/mol. The second-order valence-corrected chi connectivity index (χ2v) is 18.5. The van der Waals surface area contributed by atoms with Gasteiger partial charge in [-0.15, -0.1) is 10.2 Å². The molecule has 0 spiro atoms. The first-order valence-corrected chi connectivity index (χ1v) is 17.6. The van der Waals surface area contributed by atoms with Crippen LogP contribution in [0.4, 0.5) is 5.95 Å². The molecule has 0 amide bonds. The summed E-state index contributed by atoms with van der Waals surface area (Å²) >= 11 is 0. The van der Waals surface area contributed by atoms with Gasteiger partial charge in [-0.3, -0.25) is 9.13 Å². The van der Waals surface area contributed by atoms with Gasteiger partial charge < -0.3 is 23.7 Å². The Morgan fingerprint density at radius 2 is 1.71 bits per heavy atom. The van der Waals surface area contributed by atoms with Crippen LogP contribution in [0.5, 0.6) is 11.5 Å². The third-order valence-corrected chi connectivity index (χ3v) is 10.4. The van der Waals surface area contributed by atoms with Crippen molar-refractivity contribution in [2.45, 2.75) is 25.7 Å². The van der Waals surface area contributed by atoms with Gasteiger partial charge in [0.25, 0.3) is 0 Å². The van der Waals surface area contributed by atoms with Crippen molar-refractivity contribution in [3.63, 3.8) is 0 Å². The zero-order chi connectivity index (χ0) is 26.0. The summed E-state index contributed by atoms with van der Waals surface area (Å²) in [7, 11) is -8.35. The summed E-state index contributed by atoms with van der Waals surface area (Å²) in [4.78, 5) is 19.0. The van der Waals surface area contributed by atoms with Crippen LogP contribution in [0.15, 0.2) is 41.0 Å². The van der Waals surface area contributed by atoms with Crippen LogP contribution in [0.3, 0.4) is 0 Å². The van der Waals surface area contributed by atoms with Crippen molar-refractivity contribution < 1.29 is 36.7 Å². The van der Waals surface area contributed by atoms with E-state index in [0.717, 1.165) is 4.31 Å². The Hall–Kier alpha value is -2.64. The van der Waals surface area contributed by atoms with E-state index < -0.39 is 31.2 Å². The Bertz CT molecular complexity index is 1290. The molecule has 1 aromatic carbocycles. The van der Waals surface area contributed by atoms with Gasteiger partial charge in [-0.2, -0.15) is 0 Å². The quantitative estimate of drug-likeness (QED) is 0.271. The highest BCUT2D eigenvalue weighted by Gasteiger charge is 2.37. The number of anilines is 1. The fourth-order valence-electron chi connectivity index (χ4n) is 3.34. The average Bonchev–Trinajstić information content (AvgIpc) is 3.40. The van der Waals surface area contributed by atoms with Gasteiger partial charge in [0.05, 0.1) is 20.5 Å². The molecule has 12 nitrogen and oxygen atoms in total. The van der Waals surface area contributed by atoms with E-state index in [1.807, 2.05) is 0 Å². The van der Waals surface area contributed by atoms with Gasteiger partial charge in [0.2, 0.25) is 21.8 Å². The van der Waals surface area contributed by atoms with Crippen LogP contribution in [0.25, 0.3) is 17.3 Å². The summed E-state index contributed by atoms with van der Waals surface area (Å²) in [5, 5.41) is 8.33. The van der Waals surface area contributed by atoms with E-state index in [1.54, 1.807) is 30.3 Å². The number of aromatic nitrogens is 3. The van der Waals surface area contributed by atoms with Gasteiger partial charge in [0.15, 0.2) is 11.3 Å². The van der Waals surface area contributed by atoms with Crippen molar-refractivity contribution in [1.29, 1.82) is 0 Å². The van der Waals surface area contributed by atoms with E-state index >= 15 is 0 Å². The molecule has 2 N–H and O–H groups in total. The van der Waals surface area contributed by atoms with E-state index in [9.17, 15) is 22.8 Å². The van der Waals surface area contributed by atoms with Gasteiger partial charge in [-0.1, -0.05) is 25.7 Å². The number of hydrogen-bond acceptors (Lipinski definition) is 8. The molecule has 0 fully saturated rings. The predicted molar refractivity (Wildman–Crippen MR) is 133 cm³/mol. The minimum Gasteiger partial charge on any atom is -0.494 e. The molecular weight excluding hydrogens is 515 g/mol. The Kier molecular flexibility index (Phi) is 7.82. The number of methoxy groups -OCH3 is 2. The Labute approximate surface area is 204 Å². The molecule has 2 heterocycles. The largest absolute Gasteiger partial charge is 0.494 e.